The molecule has 156 valence electrons. The van der Waals surface area contributed by atoms with Crippen LogP contribution in [-0.4, -0.2) is 27.2 Å². The van der Waals surface area contributed by atoms with Crippen LogP contribution in [0.15, 0.2) is 28.8 Å². The van der Waals surface area contributed by atoms with Gasteiger partial charge in [-0.25, -0.2) is 4.39 Å². The Morgan fingerprint density at radius 1 is 1.24 bits per heavy atom. The van der Waals surface area contributed by atoms with Gasteiger partial charge in [-0.1, -0.05) is 31.8 Å². The Morgan fingerprint density at radius 2 is 2.00 bits per heavy atom. The third kappa shape index (κ3) is 5.96. The van der Waals surface area contributed by atoms with E-state index in [9.17, 15) is 9.18 Å². The number of hydrogen-bond donors (Lipinski definition) is 3. The quantitative estimate of drug-likeness (QED) is 0.506. The first kappa shape index (κ1) is 21.2. The number of carbonyl (C=O) groups is 1. The maximum absolute atomic E-state index is 13.0. The van der Waals surface area contributed by atoms with E-state index in [0.29, 0.717) is 46.7 Å². The monoisotopic (exact) mass is 419 g/mol. The largest absolute Gasteiger partial charge is 0.358 e. The highest BCUT2D eigenvalue weighted by atomic mass is 32.1. The van der Waals surface area contributed by atoms with Crippen LogP contribution < -0.4 is 16.2 Å². The number of carbonyl (C=O) groups excluding carboxylic acids is 1. The molecule has 0 radical (unpaired) electrons. The minimum atomic E-state index is -0.332. The summed E-state index contributed by atoms with van der Waals surface area (Å²) in [6.07, 6.45) is 3.96. The summed E-state index contributed by atoms with van der Waals surface area (Å²) in [6, 6.07) is 6.12. The first-order valence-electron chi connectivity index (χ1n) is 9.86. The third-order valence-electron chi connectivity index (χ3n) is 5.48. The Hall–Kier alpha value is -2.55. The van der Waals surface area contributed by atoms with Crippen LogP contribution in [0.1, 0.15) is 45.4 Å². The van der Waals surface area contributed by atoms with E-state index < -0.39 is 0 Å². The van der Waals surface area contributed by atoms with E-state index in [-0.39, 0.29) is 18.1 Å². The van der Waals surface area contributed by atoms with Crippen molar-refractivity contribution in [2.75, 3.05) is 0 Å². The Bertz CT molecular complexity index is 842. The fourth-order valence-electron chi connectivity index (χ4n) is 3.47. The molecule has 0 aliphatic heterocycles. The lowest BCUT2D eigenvalue weighted by atomic mass is 9.78. The molecule has 0 saturated heterocycles. The van der Waals surface area contributed by atoms with Gasteiger partial charge < -0.3 is 9.84 Å². The number of nitrogens with zero attached hydrogens (tertiary/aromatic N) is 2. The second-order valence-electron chi connectivity index (χ2n) is 7.54. The first-order chi connectivity index (χ1) is 13.9. The van der Waals surface area contributed by atoms with Crippen LogP contribution in [-0.2, 0) is 11.2 Å². The summed E-state index contributed by atoms with van der Waals surface area (Å²) >= 11 is 5.28. The Balaban J connectivity index is 1.40. The summed E-state index contributed by atoms with van der Waals surface area (Å²) in [5.41, 5.74) is 5.99. The van der Waals surface area contributed by atoms with Crippen molar-refractivity contribution in [1.29, 1.82) is 0 Å². The van der Waals surface area contributed by atoms with Crippen molar-refractivity contribution in [3.05, 3.63) is 36.0 Å². The molecular formula is C20H26FN5O2S. The van der Waals surface area contributed by atoms with Crippen LogP contribution in [0, 0.1) is 17.7 Å². The van der Waals surface area contributed by atoms with Gasteiger partial charge in [0.2, 0.25) is 17.6 Å². The van der Waals surface area contributed by atoms with E-state index in [1.807, 2.05) is 0 Å². The lowest BCUT2D eigenvalue weighted by molar-refractivity contribution is -0.121. The number of aryl methyl sites for hydroxylation is 1. The highest BCUT2D eigenvalue weighted by Crippen LogP contribution is 2.29. The molecule has 0 unspecified atom stereocenters. The minimum Gasteiger partial charge on any atom is -0.358 e. The molecule has 9 heteroatoms. The van der Waals surface area contributed by atoms with Crippen LogP contribution in [0.5, 0.6) is 0 Å². The highest BCUT2D eigenvalue weighted by molar-refractivity contribution is 7.80. The van der Waals surface area contributed by atoms with Crippen molar-refractivity contribution < 1.29 is 13.7 Å². The van der Waals surface area contributed by atoms with Crippen LogP contribution in [0.4, 0.5) is 4.39 Å². The first-order valence-corrected chi connectivity index (χ1v) is 10.3. The Kier molecular flexibility index (Phi) is 7.13. The predicted octanol–water partition coefficient (Wildman–Crippen LogP) is 3.13. The second kappa shape index (κ2) is 9.78. The lowest BCUT2D eigenvalue weighted by Crippen LogP contribution is -2.52. The Morgan fingerprint density at radius 3 is 2.76 bits per heavy atom. The van der Waals surface area contributed by atoms with Crippen LogP contribution >= 0.6 is 12.2 Å². The normalized spacial score (nSPS) is 21.4. The summed E-state index contributed by atoms with van der Waals surface area (Å²) in [4.78, 5) is 16.3. The average Bonchev–Trinajstić information content (AvgIpc) is 3.18. The number of amides is 1. The van der Waals surface area contributed by atoms with Crippen LogP contribution in [0.3, 0.4) is 0 Å². The number of rotatable bonds is 5. The molecule has 3 rings (SSSR count). The number of hydrazine groups is 1. The van der Waals surface area contributed by atoms with Crippen molar-refractivity contribution in [3.63, 3.8) is 0 Å². The topological polar surface area (TPSA) is 92.1 Å². The van der Waals surface area contributed by atoms with Crippen molar-refractivity contribution in [2.24, 2.45) is 11.8 Å². The molecule has 1 saturated carbocycles. The minimum absolute atomic E-state index is 0.164. The van der Waals surface area contributed by atoms with E-state index >= 15 is 0 Å². The zero-order valence-electron chi connectivity index (χ0n) is 16.6. The van der Waals surface area contributed by atoms with Crippen molar-refractivity contribution in [3.8, 4) is 11.4 Å². The highest BCUT2D eigenvalue weighted by Gasteiger charge is 2.27. The predicted molar refractivity (Wildman–Crippen MR) is 111 cm³/mol. The average molecular weight is 420 g/mol. The van der Waals surface area contributed by atoms with Gasteiger partial charge in [-0.05, 0) is 54.7 Å². The van der Waals surface area contributed by atoms with E-state index in [4.69, 9.17) is 16.7 Å². The molecule has 0 bridgehead atoms. The SMILES string of the molecule is C[C@H]1[C@@H](NC(=S)NNC(=O)CCc2nc(-c3ccc(F)cc3)no2)CCC[C@@H]1C. The number of nitrogens with one attached hydrogen (secondary N) is 3. The van der Waals surface area contributed by atoms with Crippen molar-refractivity contribution in [2.45, 2.75) is 52.0 Å². The van der Waals surface area contributed by atoms with Gasteiger partial charge in [-0.3, -0.25) is 15.6 Å². The second-order valence-corrected chi connectivity index (χ2v) is 7.95. The standard InChI is InChI=1S/C20H26FN5O2S/c1-12-4-3-5-16(13(12)2)22-20(29)25-24-17(27)10-11-18-23-19(26-28-18)14-6-8-15(21)9-7-14/h6-9,12-13,16H,3-5,10-11H2,1-2H3,(H,24,27)(H2,22,25,29)/t12-,13+,16-/m0/s1. The number of halogens is 1. The van der Waals surface area contributed by atoms with E-state index in [2.05, 4.69) is 40.2 Å². The summed E-state index contributed by atoms with van der Waals surface area (Å²) in [7, 11) is 0. The lowest BCUT2D eigenvalue weighted by Gasteiger charge is -2.35. The maximum atomic E-state index is 13.0. The molecule has 2 aromatic rings. The fourth-order valence-corrected chi connectivity index (χ4v) is 3.67. The maximum Gasteiger partial charge on any atom is 0.238 e. The van der Waals surface area contributed by atoms with Crippen molar-refractivity contribution in [1.82, 2.24) is 26.3 Å². The molecule has 1 aliphatic rings. The molecular weight excluding hydrogens is 393 g/mol. The number of hydrogen-bond acceptors (Lipinski definition) is 5. The summed E-state index contributed by atoms with van der Waals surface area (Å²) < 4.78 is 18.1. The molecule has 29 heavy (non-hydrogen) atoms. The van der Waals surface area contributed by atoms with Crippen LogP contribution in [0.2, 0.25) is 0 Å². The zero-order chi connectivity index (χ0) is 20.8. The molecule has 0 spiro atoms. The van der Waals surface area contributed by atoms with E-state index in [1.165, 1.54) is 25.0 Å². The van der Waals surface area contributed by atoms with Gasteiger partial charge in [0.1, 0.15) is 5.82 Å². The molecule has 3 N–H and O–H groups in total. The number of thiocarbonyl (C=S) groups is 1. The number of benzene rings is 1. The van der Waals surface area contributed by atoms with Gasteiger partial charge in [0.15, 0.2) is 5.11 Å². The van der Waals surface area contributed by atoms with Crippen molar-refractivity contribution >= 4 is 23.2 Å². The van der Waals surface area contributed by atoms with Crippen LogP contribution in [0.25, 0.3) is 11.4 Å². The van der Waals surface area contributed by atoms with Gasteiger partial charge in [0.25, 0.3) is 0 Å². The fraction of sp³-hybridized carbons (Fsp3) is 0.500. The molecule has 3 atom stereocenters. The van der Waals surface area contributed by atoms with Gasteiger partial charge in [-0.15, -0.1) is 0 Å². The van der Waals surface area contributed by atoms with E-state index in [0.717, 1.165) is 6.42 Å². The smallest absolute Gasteiger partial charge is 0.238 e. The molecule has 1 fully saturated rings. The van der Waals surface area contributed by atoms with Gasteiger partial charge >= 0.3 is 0 Å². The number of aromatic nitrogens is 2. The molecule has 1 amide bonds. The molecule has 7 nitrogen and oxygen atoms in total. The summed E-state index contributed by atoms with van der Waals surface area (Å²) in [5.74, 6) is 1.33. The van der Waals surface area contributed by atoms with Gasteiger partial charge in [-0.2, -0.15) is 4.98 Å². The molecule has 1 aliphatic carbocycles. The summed E-state index contributed by atoms with van der Waals surface area (Å²) in [6.45, 7) is 4.49. The zero-order valence-corrected chi connectivity index (χ0v) is 17.4. The molecule has 1 aromatic heterocycles. The van der Waals surface area contributed by atoms with E-state index in [1.54, 1.807) is 12.1 Å². The third-order valence-corrected chi connectivity index (χ3v) is 5.70. The molecule has 1 heterocycles. The Labute approximate surface area is 174 Å². The summed E-state index contributed by atoms with van der Waals surface area (Å²) in [5, 5.41) is 7.57. The molecule has 1 aromatic carbocycles. The van der Waals surface area contributed by atoms with Gasteiger partial charge in [0.05, 0.1) is 0 Å². The van der Waals surface area contributed by atoms with Gasteiger partial charge in [0, 0.05) is 24.4 Å².